The van der Waals surface area contributed by atoms with Crippen LogP contribution in [0.3, 0.4) is 0 Å². The summed E-state index contributed by atoms with van der Waals surface area (Å²) in [4.78, 5) is -0.439. The van der Waals surface area contributed by atoms with Crippen LogP contribution < -0.4 is 10.5 Å². The lowest BCUT2D eigenvalue weighted by molar-refractivity contribution is 0.178. The van der Waals surface area contributed by atoms with Crippen LogP contribution in [0.4, 0.5) is 10.1 Å². The van der Waals surface area contributed by atoms with Crippen molar-refractivity contribution in [3.8, 4) is 0 Å². The molecule has 106 valence electrons. The first-order valence-electron chi connectivity index (χ1n) is 6.11. The van der Waals surface area contributed by atoms with Gasteiger partial charge in [-0.1, -0.05) is 0 Å². The Morgan fingerprint density at radius 3 is 2.79 bits per heavy atom. The second-order valence-corrected chi connectivity index (χ2v) is 6.61. The number of halogens is 1. The van der Waals surface area contributed by atoms with Gasteiger partial charge in [-0.15, -0.1) is 0 Å². The van der Waals surface area contributed by atoms with Gasteiger partial charge in [-0.25, -0.2) is 17.5 Å². The predicted molar refractivity (Wildman–Crippen MR) is 69.3 cm³/mol. The smallest absolute Gasteiger partial charge is 0.243 e. The SMILES string of the molecule is Nc1ccc(F)c(S(=O)(=O)NCC2CCC(O)C2)c1. The van der Waals surface area contributed by atoms with Gasteiger partial charge in [0.05, 0.1) is 6.10 Å². The number of anilines is 1. The van der Waals surface area contributed by atoms with E-state index in [-0.39, 0.29) is 24.3 Å². The van der Waals surface area contributed by atoms with Crippen molar-refractivity contribution in [2.45, 2.75) is 30.3 Å². The lowest BCUT2D eigenvalue weighted by Crippen LogP contribution is -2.29. The van der Waals surface area contributed by atoms with Gasteiger partial charge in [0, 0.05) is 12.2 Å². The van der Waals surface area contributed by atoms with E-state index in [4.69, 9.17) is 5.73 Å². The standard InChI is InChI=1S/C12H17FN2O3S/c13-11-4-2-9(14)6-12(11)19(17,18)15-7-8-1-3-10(16)5-8/h2,4,6,8,10,15-16H,1,3,5,7,14H2. The molecule has 0 aromatic heterocycles. The van der Waals surface area contributed by atoms with E-state index >= 15 is 0 Å². The minimum Gasteiger partial charge on any atom is -0.399 e. The molecule has 1 saturated carbocycles. The fourth-order valence-electron chi connectivity index (χ4n) is 2.27. The Bertz CT molecular complexity index is 562. The summed E-state index contributed by atoms with van der Waals surface area (Å²) in [6, 6.07) is 3.44. The highest BCUT2D eigenvalue weighted by atomic mass is 32.2. The molecule has 0 radical (unpaired) electrons. The molecule has 4 N–H and O–H groups in total. The molecule has 5 nitrogen and oxygen atoms in total. The number of aliphatic hydroxyl groups is 1. The van der Waals surface area contributed by atoms with Crippen LogP contribution >= 0.6 is 0 Å². The van der Waals surface area contributed by atoms with Crippen LogP contribution in [-0.2, 0) is 10.0 Å². The van der Waals surface area contributed by atoms with E-state index in [0.717, 1.165) is 18.6 Å². The molecular formula is C12H17FN2O3S. The summed E-state index contributed by atoms with van der Waals surface area (Å²) in [5, 5.41) is 9.37. The average Bonchev–Trinajstić information content (AvgIpc) is 2.76. The lowest BCUT2D eigenvalue weighted by atomic mass is 10.1. The van der Waals surface area contributed by atoms with Crippen LogP contribution in [0.5, 0.6) is 0 Å². The first-order chi connectivity index (χ1) is 8.88. The van der Waals surface area contributed by atoms with E-state index in [1.807, 2.05) is 0 Å². The van der Waals surface area contributed by atoms with Crippen molar-refractivity contribution in [1.29, 1.82) is 0 Å². The quantitative estimate of drug-likeness (QED) is 0.716. The Morgan fingerprint density at radius 1 is 1.42 bits per heavy atom. The third-order valence-electron chi connectivity index (χ3n) is 3.32. The van der Waals surface area contributed by atoms with Gasteiger partial charge in [0.1, 0.15) is 10.7 Å². The van der Waals surface area contributed by atoms with Crippen LogP contribution in [0.15, 0.2) is 23.1 Å². The number of nitrogen functional groups attached to an aromatic ring is 1. The van der Waals surface area contributed by atoms with E-state index in [2.05, 4.69) is 4.72 Å². The molecule has 1 aromatic carbocycles. The second-order valence-electron chi connectivity index (χ2n) is 4.87. The van der Waals surface area contributed by atoms with Crippen LogP contribution in [0, 0.1) is 11.7 Å². The van der Waals surface area contributed by atoms with Gasteiger partial charge in [0.15, 0.2) is 0 Å². The van der Waals surface area contributed by atoms with Gasteiger partial charge in [0.25, 0.3) is 0 Å². The zero-order valence-corrected chi connectivity index (χ0v) is 11.2. The maximum atomic E-state index is 13.5. The van der Waals surface area contributed by atoms with Crippen LogP contribution in [-0.4, -0.2) is 26.2 Å². The average molecular weight is 288 g/mol. The summed E-state index contributed by atoms with van der Waals surface area (Å²) in [7, 11) is -3.91. The number of benzene rings is 1. The second kappa shape index (κ2) is 5.44. The number of rotatable bonds is 4. The van der Waals surface area contributed by atoms with E-state index in [1.54, 1.807) is 0 Å². The van der Waals surface area contributed by atoms with Gasteiger partial charge in [-0.2, -0.15) is 0 Å². The molecule has 0 amide bonds. The zero-order valence-electron chi connectivity index (χ0n) is 10.3. The highest BCUT2D eigenvalue weighted by molar-refractivity contribution is 7.89. The maximum Gasteiger partial charge on any atom is 0.243 e. The molecule has 0 spiro atoms. The number of nitrogens with one attached hydrogen (secondary N) is 1. The monoisotopic (exact) mass is 288 g/mol. The number of aliphatic hydroxyl groups excluding tert-OH is 1. The van der Waals surface area contributed by atoms with Gasteiger partial charge in [-0.3, -0.25) is 0 Å². The Kier molecular flexibility index (Phi) is 4.07. The molecule has 0 bridgehead atoms. The van der Waals surface area contributed by atoms with E-state index < -0.39 is 20.7 Å². The molecule has 1 fully saturated rings. The molecule has 2 rings (SSSR count). The molecule has 7 heteroatoms. The van der Waals surface area contributed by atoms with E-state index in [1.165, 1.54) is 6.07 Å². The highest BCUT2D eigenvalue weighted by Crippen LogP contribution is 2.25. The van der Waals surface area contributed by atoms with Gasteiger partial charge in [-0.05, 0) is 43.4 Å². The largest absolute Gasteiger partial charge is 0.399 e. The summed E-state index contributed by atoms with van der Waals surface area (Å²) in [6.07, 6.45) is 1.66. The van der Waals surface area contributed by atoms with Crippen LogP contribution in [0.2, 0.25) is 0 Å². The minimum absolute atomic E-state index is 0.0916. The fraction of sp³-hybridized carbons (Fsp3) is 0.500. The first kappa shape index (κ1) is 14.2. The normalized spacial score (nSPS) is 23.7. The summed E-state index contributed by atoms with van der Waals surface area (Å²) >= 11 is 0. The van der Waals surface area contributed by atoms with Gasteiger partial charge >= 0.3 is 0 Å². The number of nitrogens with two attached hydrogens (primary N) is 1. The Balaban J connectivity index is 2.08. The third-order valence-corrected chi connectivity index (χ3v) is 4.76. The number of sulfonamides is 1. The van der Waals surface area contributed by atoms with Crippen LogP contribution in [0.25, 0.3) is 0 Å². The third kappa shape index (κ3) is 3.43. The summed E-state index contributed by atoms with van der Waals surface area (Å²) < 4.78 is 39.8. The van der Waals surface area contributed by atoms with Crippen molar-refractivity contribution in [3.63, 3.8) is 0 Å². The zero-order chi connectivity index (χ0) is 14.0. The maximum absolute atomic E-state index is 13.5. The molecule has 1 aromatic rings. The van der Waals surface area contributed by atoms with Crippen molar-refractivity contribution >= 4 is 15.7 Å². The minimum atomic E-state index is -3.91. The van der Waals surface area contributed by atoms with Crippen molar-refractivity contribution in [1.82, 2.24) is 4.72 Å². The van der Waals surface area contributed by atoms with Gasteiger partial charge < -0.3 is 10.8 Å². The van der Waals surface area contributed by atoms with Crippen molar-refractivity contribution < 1.29 is 17.9 Å². The fourth-order valence-corrected chi connectivity index (χ4v) is 3.49. The Morgan fingerprint density at radius 2 is 2.16 bits per heavy atom. The Labute approximate surface area is 111 Å². The topological polar surface area (TPSA) is 92.4 Å². The summed E-state index contributed by atoms with van der Waals surface area (Å²) in [5.41, 5.74) is 5.66. The number of hydrogen-bond acceptors (Lipinski definition) is 4. The van der Waals surface area contributed by atoms with Crippen molar-refractivity contribution in [2.24, 2.45) is 5.92 Å². The van der Waals surface area contributed by atoms with Crippen LogP contribution in [0.1, 0.15) is 19.3 Å². The molecule has 2 atom stereocenters. The van der Waals surface area contributed by atoms with E-state index in [0.29, 0.717) is 12.8 Å². The Hall–Kier alpha value is -1.18. The molecular weight excluding hydrogens is 271 g/mol. The van der Waals surface area contributed by atoms with Crippen molar-refractivity contribution in [3.05, 3.63) is 24.0 Å². The van der Waals surface area contributed by atoms with Gasteiger partial charge in [0.2, 0.25) is 10.0 Å². The first-order valence-corrected chi connectivity index (χ1v) is 7.59. The number of hydrogen-bond donors (Lipinski definition) is 3. The molecule has 1 aliphatic carbocycles. The molecule has 19 heavy (non-hydrogen) atoms. The molecule has 1 aliphatic rings. The molecule has 0 saturated heterocycles. The molecule has 2 unspecified atom stereocenters. The van der Waals surface area contributed by atoms with E-state index in [9.17, 15) is 17.9 Å². The summed E-state index contributed by atoms with van der Waals surface area (Å²) in [5.74, 6) is -0.734. The van der Waals surface area contributed by atoms with Crippen molar-refractivity contribution in [2.75, 3.05) is 12.3 Å². The lowest BCUT2D eigenvalue weighted by Gasteiger charge is -2.12. The summed E-state index contributed by atoms with van der Waals surface area (Å²) in [6.45, 7) is 0.202. The predicted octanol–water partition coefficient (Wildman–Crippen LogP) is 0.847. The molecule has 0 aliphatic heterocycles. The highest BCUT2D eigenvalue weighted by Gasteiger charge is 2.26. The molecule has 0 heterocycles.